The molecule has 0 saturated carbocycles. The maximum absolute atomic E-state index is 6.60. The summed E-state index contributed by atoms with van der Waals surface area (Å²) in [4.78, 5) is 10.8. The Labute approximate surface area is 336 Å². The average molecular weight is 751 g/mol. The van der Waals surface area contributed by atoms with Crippen LogP contribution in [0.1, 0.15) is 52.7 Å². The first-order chi connectivity index (χ1) is 28.0. The van der Waals surface area contributed by atoms with Gasteiger partial charge in [0.15, 0.2) is 0 Å². The second-order valence-electron chi connectivity index (χ2n) is 17.8. The summed E-state index contributed by atoms with van der Waals surface area (Å²) >= 11 is 0. The summed E-state index contributed by atoms with van der Waals surface area (Å²) < 4.78 is 13.2. The van der Waals surface area contributed by atoms with E-state index in [1.165, 1.54) is 21.9 Å². The Balaban J connectivity index is 1.19. The summed E-state index contributed by atoms with van der Waals surface area (Å²) in [6, 6.07) is 49.8. The zero-order valence-corrected chi connectivity index (χ0v) is 33.6. The third-order valence-corrected chi connectivity index (χ3v) is 12.0. The molecule has 4 nitrogen and oxygen atoms in total. The molecule has 11 rings (SSSR count). The lowest BCUT2D eigenvalue weighted by Crippen LogP contribution is -2.11. The van der Waals surface area contributed by atoms with E-state index in [1.807, 2.05) is 30.5 Å². The van der Waals surface area contributed by atoms with E-state index in [-0.39, 0.29) is 10.8 Å². The van der Waals surface area contributed by atoms with Crippen molar-refractivity contribution in [1.82, 2.24) is 9.97 Å². The maximum Gasteiger partial charge on any atom is 0.143 e. The molecule has 0 aliphatic carbocycles. The summed E-state index contributed by atoms with van der Waals surface area (Å²) in [5.74, 6) is 0. The Morgan fingerprint density at radius 1 is 0.397 bits per heavy atom. The van der Waals surface area contributed by atoms with Gasteiger partial charge in [-0.15, -0.1) is 0 Å². The third kappa shape index (κ3) is 5.35. The van der Waals surface area contributed by atoms with Crippen molar-refractivity contribution in [2.45, 2.75) is 52.4 Å². The molecule has 4 heteroatoms. The molecule has 11 aromatic rings. The summed E-state index contributed by atoms with van der Waals surface area (Å²) in [5.41, 5.74) is 13.7. The van der Waals surface area contributed by atoms with Gasteiger partial charge in [0.25, 0.3) is 0 Å². The van der Waals surface area contributed by atoms with E-state index < -0.39 is 0 Å². The molecule has 3 heterocycles. The summed E-state index contributed by atoms with van der Waals surface area (Å²) in [6.07, 6.45) is 1.95. The van der Waals surface area contributed by atoms with Gasteiger partial charge in [-0.25, -0.2) is 4.98 Å². The number of fused-ring (bicyclic) bond motifs is 12. The van der Waals surface area contributed by atoms with Gasteiger partial charge in [-0.3, -0.25) is 4.98 Å². The average Bonchev–Trinajstić information content (AvgIpc) is 3.81. The van der Waals surface area contributed by atoms with Crippen molar-refractivity contribution in [3.8, 4) is 33.5 Å². The predicted molar refractivity (Wildman–Crippen MR) is 243 cm³/mol. The first-order valence-corrected chi connectivity index (χ1v) is 20.1. The minimum Gasteiger partial charge on any atom is -0.455 e. The fourth-order valence-electron chi connectivity index (χ4n) is 8.83. The Bertz CT molecular complexity index is 3350. The third-order valence-electron chi connectivity index (χ3n) is 12.0. The quantitative estimate of drug-likeness (QED) is 0.169. The molecule has 0 bridgehead atoms. The van der Waals surface area contributed by atoms with Crippen LogP contribution in [0.15, 0.2) is 155 Å². The molecule has 0 radical (unpaired) electrons. The van der Waals surface area contributed by atoms with Gasteiger partial charge in [-0.05, 0) is 86.3 Å². The molecule has 280 valence electrons. The predicted octanol–water partition coefficient (Wildman–Crippen LogP) is 15.3. The van der Waals surface area contributed by atoms with E-state index in [0.29, 0.717) is 0 Å². The van der Waals surface area contributed by atoms with E-state index in [1.54, 1.807) is 0 Å². The van der Waals surface area contributed by atoms with Crippen LogP contribution in [0.5, 0.6) is 0 Å². The van der Waals surface area contributed by atoms with E-state index in [4.69, 9.17) is 18.8 Å². The summed E-state index contributed by atoms with van der Waals surface area (Å²) in [5, 5.41) is 9.02. The second kappa shape index (κ2) is 12.4. The van der Waals surface area contributed by atoms with E-state index >= 15 is 0 Å². The molecule has 0 saturated heterocycles. The lowest BCUT2D eigenvalue weighted by molar-refractivity contribution is 0.590. The number of benzene rings is 8. The van der Waals surface area contributed by atoms with Crippen LogP contribution in [0.3, 0.4) is 0 Å². The topological polar surface area (TPSA) is 52.1 Å². The zero-order chi connectivity index (χ0) is 39.5. The second-order valence-corrected chi connectivity index (χ2v) is 17.8. The van der Waals surface area contributed by atoms with E-state index in [0.717, 1.165) is 99.2 Å². The largest absolute Gasteiger partial charge is 0.455 e. The highest BCUT2D eigenvalue weighted by Gasteiger charge is 2.22. The number of hydrogen-bond acceptors (Lipinski definition) is 4. The number of rotatable bonds is 3. The maximum atomic E-state index is 6.60. The normalized spacial score (nSPS) is 12.7. The molecule has 0 fully saturated rings. The van der Waals surface area contributed by atoms with Gasteiger partial charge in [0.2, 0.25) is 0 Å². The van der Waals surface area contributed by atoms with Crippen LogP contribution in [-0.2, 0) is 10.8 Å². The van der Waals surface area contributed by atoms with Gasteiger partial charge in [0.05, 0.1) is 22.9 Å². The molecule has 8 aromatic carbocycles. The Morgan fingerprint density at radius 3 is 1.38 bits per heavy atom. The van der Waals surface area contributed by atoms with Crippen molar-refractivity contribution in [3.63, 3.8) is 0 Å². The molecule has 3 aromatic heterocycles. The Kier molecular flexibility index (Phi) is 7.34. The van der Waals surface area contributed by atoms with Crippen LogP contribution in [0.4, 0.5) is 0 Å². The van der Waals surface area contributed by atoms with Crippen molar-refractivity contribution >= 4 is 76.5 Å². The summed E-state index contributed by atoms with van der Waals surface area (Å²) in [7, 11) is 0. The molecule has 0 amide bonds. The van der Waals surface area contributed by atoms with Crippen molar-refractivity contribution in [1.29, 1.82) is 0 Å². The molecular weight excluding hydrogens is 709 g/mol. The number of hydrogen-bond donors (Lipinski definition) is 0. The smallest absolute Gasteiger partial charge is 0.143 e. The van der Waals surface area contributed by atoms with Crippen molar-refractivity contribution in [2.75, 3.05) is 0 Å². The molecule has 0 atom stereocenters. The Hall–Kier alpha value is -6.78. The van der Waals surface area contributed by atoms with Gasteiger partial charge in [0.1, 0.15) is 22.3 Å². The number of para-hydroxylation sites is 4. The molecular formula is C54H42N2O2. The highest BCUT2D eigenvalue weighted by molar-refractivity contribution is 6.23. The zero-order valence-electron chi connectivity index (χ0n) is 33.6. The SMILES string of the molecule is CC(C)(C)c1ccc2c(c1)c1cc(C(C)(C)C)ccc1c1nc(-c3cc(-c4cccc5c4oc4ccccc45)cc(-c4cccc5c4oc4ccccc45)c3)cnc21. The molecule has 0 unspecified atom stereocenters. The molecule has 0 N–H and O–H groups in total. The first kappa shape index (κ1) is 34.5. The minimum absolute atomic E-state index is 0.00707. The Morgan fingerprint density at radius 2 is 0.862 bits per heavy atom. The van der Waals surface area contributed by atoms with Crippen molar-refractivity contribution in [3.05, 3.63) is 157 Å². The van der Waals surface area contributed by atoms with Gasteiger partial charge in [-0.2, -0.15) is 0 Å². The molecule has 0 spiro atoms. The first-order valence-electron chi connectivity index (χ1n) is 20.1. The number of furan rings is 2. The number of nitrogens with zero attached hydrogens (tertiary/aromatic N) is 2. The van der Waals surface area contributed by atoms with Gasteiger partial charge < -0.3 is 8.83 Å². The highest BCUT2D eigenvalue weighted by atomic mass is 16.3. The van der Waals surface area contributed by atoms with Crippen LogP contribution in [0.25, 0.3) is 110 Å². The van der Waals surface area contributed by atoms with Crippen LogP contribution < -0.4 is 0 Å². The monoisotopic (exact) mass is 750 g/mol. The highest BCUT2D eigenvalue weighted by Crippen LogP contribution is 2.43. The fraction of sp³-hybridized carbons (Fsp3) is 0.148. The van der Waals surface area contributed by atoms with E-state index in [2.05, 4.69) is 157 Å². The number of aromatic nitrogens is 2. The van der Waals surface area contributed by atoms with Crippen molar-refractivity contribution < 1.29 is 8.83 Å². The molecule has 0 aliphatic rings. The van der Waals surface area contributed by atoms with Crippen molar-refractivity contribution in [2.24, 2.45) is 0 Å². The standard InChI is InChI=1S/C54H42N2O2/c1-53(2,3)34-21-23-40-44(28-34)45-29-35(54(4,5)6)22-24-41(45)50-49(40)55-30-46(56-50)33-26-31(36-15-11-17-42-38-13-7-9-19-47(38)57-51(36)42)25-32(27-33)37-16-12-18-43-39-14-8-10-20-48(39)58-52(37)43/h7-30H,1-6H3. The van der Waals surface area contributed by atoms with Crippen LogP contribution in [0.2, 0.25) is 0 Å². The minimum atomic E-state index is -0.00707. The summed E-state index contributed by atoms with van der Waals surface area (Å²) in [6.45, 7) is 13.6. The fourth-order valence-corrected chi connectivity index (χ4v) is 8.83. The van der Waals surface area contributed by atoms with E-state index in [9.17, 15) is 0 Å². The van der Waals surface area contributed by atoms with Gasteiger partial charge >= 0.3 is 0 Å². The van der Waals surface area contributed by atoms with Gasteiger partial charge in [0, 0.05) is 49.0 Å². The van der Waals surface area contributed by atoms with Crippen LogP contribution in [-0.4, -0.2) is 9.97 Å². The lowest BCUT2D eigenvalue weighted by atomic mass is 9.83. The lowest BCUT2D eigenvalue weighted by Gasteiger charge is -2.22. The van der Waals surface area contributed by atoms with Crippen LogP contribution >= 0.6 is 0 Å². The van der Waals surface area contributed by atoms with Crippen LogP contribution in [0, 0.1) is 0 Å². The van der Waals surface area contributed by atoms with Gasteiger partial charge in [-0.1, -0.05) is 139 Å². The molecule has 0 aliphatic heterocycles. The molecule has 58 heavy (non-hydrogen) atoms.